The molecule has 4 aliphatic carbocycles. The van der Waals surface area contributed by atoms with Crippen molar-refractivity contribution in [2.45, 2.75) is 71.3 Å². The molecule has 1 aromatic heterocycles. The first-order valence-corrected chi connectivity index (χ1v) is 11.2. The topological polar surface area (TPSA) is 22.1 Å². The first kappa shape index (κ1) is 17.9. The summed E-state index contributed by atoms with van der Waals surface area (Å²) in [6.45, 7) is 5.21. The molecule has 7 atom stereocenters. The van der Waals surface area contributed by atoms with Crippen LogP contribution in [-0.4, -0.2) is 18.2 Å². The minimum absolute atomic E-state index is 0.358. The highest BCUT2D eigenvalue weighted by Crippen LogP contribution is 2.67. The third-order valence-electron chi connectivity index (χ3n) is 9.50. The van der Waals surface area contributed by atoms with Crippen molar-refractivity contribution in [2.24, 2.45) is 34.5 Å². The fourth-order valence-corrected chi connectivity index (χ4v) is 7.97. The fourth-order valence-electron chi connectivity index (χ4n) is 7.97. The first-order valence-electron chi connectivity index (χ1n) is 11.2. The molecule has 0 amide bonds. The molecule has 0 aromatic carbocycles. The Morgan fingerprint density at radius 2 is 1.96 bits per heavy atom. The molecule has 2 nitrogen and oxygen atoms in total. The summed E-state index contributed by atoms with van der Waals surface area (Å²) in [6.07, 6.45) is 17.9. The summed E-state index contributed by atoms with van der Waals surface area (Å²) < 4.78 is 5.76. The lowest BCUT2D eigenvalue weighted by Crippen LogP contribution is -2.53. The van der Waals surface area contributed by atoms with E-state index in [4.69, 9.17) is 4.74 Å². The Balaban J connectivity index is 1.42. The molecule has 5 rings (SSSR count). The van der Waals surface area contributed by atoms with E-state index in [1.165, 1.54) is 56.9 Å². The maximum Gasteiger partial charge on any atom is 0.0574 e. The van der Waals surface area contributed by atoms with Gasteiger partial charge in [0.2, 0.25) is 0 Å². The molecule has 0 saturated heterocycles. The second-order valence-corrected chi connectivity index (χ2v) is 10.3. The van der Waals surface area contributed by atoms with E-state index in [1.54, 1.807) is 5.57 Å². The zero-order valence-corrected chi connectivity index (χ0v) is 17.3. The van der Waals surface area contributed by atoms with Gasteiger partial charge in [0.15, 0.2) is 0 Å². The summed E-state index contributed by atoms with van der Waals surface area (Å²) in [7, 11) is 1.91. The summed E-state index contributed by atoms with van der Waals surface area (Å²) in [4.78, 5) is 4.41. The van der Waals surface area contributed by atoms with E-state index in [0.29, 0.717) is 16.9 Å². The van der Waals surface area contributed by atoms with Gasteiger partial charge in [-0.1, -0.05) is 26.0 Å². The van der Waals surface area contributed by atoms with Gasteiger partial charge in [-0.3, -0.25) is 4.98 Å². The molecule has 3 fully saturated rings. The van der Waals surface area contributed by atoms with Gasteiger partial charge in [-0.25, -0.2) is 0 Å². The van der Waals surface area contributed by atoms with Gasteiger partial charge >= 0.3 is 0 Å². The maximum absolute atomic E-state index is 5.76. The van der Waals surface area contributed by atoms with Gasteiger partial charge in [-0.2, -0.15) is 0 Å². The second kappa shape index (κ2) is 6.44. The average Bonchev–Trinajstić information content (AvgIpc) is 3.05. The molecule has 0 radical (unpaired) electrons. The monoisotopic (exact) mass is 365 g/mol. The van der Waals surface area contributed by atoms with Crippen molar-refractivity contribution in [3.8, 4) is 0 Å². The molecule has 4 aliphatic rings. The lowest BCUT2D eigenvalue weighted by atomic mass is 9.44. The minimum atomic E-state index is 0.358. The number of rotatable bonds is 2. The molecule has 0 bridgehead atoms. The van der Waals surface area contributed by atoms with Crippen LogP contribution in [0.3, 0.4) is 0 Å². The van der Waals surface area contributed by atoms with Crippen molar-refractivity contribution in [3.05, 3.63) is 36.2 Å². The van der Waals surface area contributed by atoms with Crippen LogP contribution >= 0.6 is 0 Å². The van der Waals surface area contributed by atoms with Crippen LogP contribution in [0.15, 0.2) is 30.6 Å². The van der Waals surface area contributed by atoms with Gasteiger partial charge in [0.1, 0.15) is 0 Å². The number of methoxy groups -OCH3 is 1. The molecule has 0 N–H and O–H groups in total. The van der Waals surface area contributed by atoms with E-state index < -0.39 is 0 Å². The van der Waals surface area contributed by atoms with Crippen molar-refractivity contribution >= 4 is 5.57 Å². The molecular formula is C25H35NO. The van der Waals surface area contributed by atoms with Crippen LogP contribution in [0, 0.1) is 34.5 Å². The Hall–Kier alpha value is -1.15. The quantitative estimate of drug-likeness (QED) is 0.628. The van der Waals surface area contributed by atoms with Crippen LogP contribution < -0.4 is 0 Å². The fraction of sp³-hybridized carbons (Fsp3) is 0.720. The summed E-state index contributed by atoms with van der Waals surface area (Å²) >= 11 is 0. The van der Waals surface area contributed by atoms with Crippen LogP contribution in [0.25, 0.3) is 5.57 Å². The predicted molar refractivity (Wildman–Crippen MR) is 110 cm³/mol. The lowest BCUT2D eigenvalue weighted by molar-refractivity contribution is -0.120. The number of pyridine rings is 1. The summed E-state index contributed by atoms with van der Waals surface area (Å²) in [5.74, 6) is 3.56. The Kier molecular flexibility index (Phi) is 4.27. The number of fused-ring (bicyclic) bond motifs is 5. The van der Waals surface area contributed by atoms with Crippen LogP contribution in [0.4, 0.5) is 0 Å². The smallest absolute Gasteiger partial charge is 0.0574 e. The SMILES string of the molecule is CO[C@H]1CC[C@@]2(C)[C@@H](CC[C@@H]3[C@@H]2CC[C@]2(C)C(c4cccnc4)=CC[C@@H]32)C1. The van der Waals surface area contributed by atoms with Gasteiger partial charge in [0.25, 0.3) is 0 Å². The van der Waals surface area contributed by atoms with Gasteiger partial charge in [0, 0.05) is 19.5 Å². The zero-order chi connectivity index (χ0) is 18.6. The number of hydrogen-bond acceptors (Lipinski definition) is 2. The Morgan fingerprint density at radius 1 is 1.07 bits per heavy atom. The Morgan fingerprint density at radius 3 is 2.74 bits per heavy atom. The lowest BCUT2D eigenvalue weighted by Gasteiger charge is -2.61. The second-order valence-electron chi connectivity index (χ2n) is 10.3. The van der Waals surface area contributed by atoms with Crippen LogP contribution in [0.1, 0.15) is 70.8 Å². The molecule has 0 spiro atoms. The molecule has 0 aliphatic heterocycles. The maximum atomic E-state index is 5.76. The van der Waals surface area contributed by atoms with Crippen LogP contribution in [-0.2, 0) is 4.74 Å². The predicted octanol–water partition coefficient (Wildman–Crippen LogP) is 6.13. The molecule has 146 valence electrons. The van der Waals surface area contributed by atoms with Crippen molar-refractivity contribution in [1.82, 2.24) is 4.98 Å². The van der Waals surface area contributed by atoms with Crippen LogP contribution in [0.2, 0.25) is 0 Å². The summed E-state index contributed by atoms with van der Waals surface area (Å²) in [5, 5.41) is 0. The summed E-state index contributed by atoms with van der Waals surface area (Å²) in [5.41, 5.74) is 3.86. The highest BCUT2D eigenvalue weighted by molar-refractivity contribution is 5.72. The van der Waals surface area contributed by atoms with Gasteiger partial charge in [-0.05, 0) is 103 Å². The zero-order valence-electron chi connectivity index (χ0n) is 17.3. The highest BCUT2D eigenvalue weighted by atomic mass is 16.5. The van der Waals surface area contributed by atoms with Crippen molar-refractivity contribution in [3.63, 3.8) is 0 Å². The van der Waals surface area contributed by atoms with E-state index in [0.717, 1.165) is 23.7 Å². The molecule has 27 heavy (non-hydrogen) atoms. The van der Waals surface area contributed by atoms with E-state index in [9.17, 15) is 0 Å². The summed E-state index contributed by atoms with van der Waals surface area (Å²) in [6, 6.07) is 4.36. The molecular weight excluding hydrogens is 330 g/mol. The number of allylic oxidation sites excluding steroid dienone is 2. The van der Waals surface area contributed by atoms with Gasteiger partial charge in [-0.15, -0.1) is 0 Å². The van der Waals surface area contributed by atoms with E-state index in [1.807, 2.05) is 13.3 Å². The van der Waals surface area contributed by atoms with Crippen molar-refractivity contribution in [2.75, 3.05) is 7.11 Å². The number of aromatic nitrogens is 1. The number of ether oxygens (including phenoxy) is 1. The van der Waals surface area contributed by atoms with Crippen LogP contribution in [0.5, 0.6) is 0 Å². The third kappa shape index (κ3) is 2.58. The highest BCUT2D eigenvalue weighted by Gasteiger charge is 2.58. The first-order chi connectivity index (χ1) is 13.1. The van der Waals surface area contributed by atoms with Gasteiger partial charge in [0.05, 0.1) is 6.10 Å². The third-order valence-corrected chi connectivity index (χ3v) is 9.50. The van der Waals surface area contributed by atoms with E-state index >= 15 is 0 Å². The number of hydrogen-bond donors (Lipinski definition) is 0. The largest absolute Gasteiger partial charge is 0.381 e. The molecule has 3 saturated carbocycles. The Bertz CT molecular complexity index is 727. The minimum Gasteiger partial charge on any atom is -0.381 e. The molecule has 2 heteroatoms. The number of nitrogens with zero attached hydrogens (tertiary/aromatic N) is 1. The van der Waals surface area contributed by atoms with E-state index in [2.05, 4.69) is 43.2 Å². The van der Waals surface area contributed by atoms with Crippen molar-refractivity contribution in [1.29, 1.82) is 0 Å². The average molecular weight is 366 g/mol. The Labute approximate surface area is 164 Å². The standard InChI is InChI=1S/C25H35NO/c1-24-12-10-19(27-3)15-18(24)6-7-20-22-9-8-21(17-5-4-14-26-16-17)25(22,2)13-11-23(20)24/h4-5,8,14,16,18-20,22-23H,6-7,9-13,15H2,1-3H3/t18-,19-,20-,22-,23-,24-,25+/m0/s1. The molecule has 1 aromatic rings. The normalized spacial score (nSPS) is 46.2. The van der Waals surface area contributed by atoms with Crippen molar-refractivity contribution < 1.29 is 4.74 Å². The van der Waals surface area contributed by atoms with E-state index in [-0.39, 0.29) is 0 Å². The molecule has 1 heterocycles. The van der Waals surface area contributed by atoms with Gasteiger partial charge < -0.3 is 4.74 Å². The molecule has 0 unspecified atom stereocenters.